The number of carbonyl (C=O) groups excluding carboxylic acids is 1. The molecule has 0 saturated carbocycles. The lowest BCUT2D eigenvalue weighted by atomic mass is 10.0. The first-order chi connectivity index (χ1) is 10.3. The molecule has 2 aromatic carbocycles. The fourth-order valence-electron chi connectivity index (χ4n) is 2.49. The Bertz CT molecular complexity index is 759. The number of hydrogen-bond acceptors (Lipinski definition) is 2. The van der Waals surface area contributed by atoms with Crippen molar-refractivity contribution in [3.63, 3.8) is 0 Å². The number of nitrogens with zero attached hydrogens (tertiary/aromatic N) is 1. The van der Waals surface area contributed by atoms with Crippen molar-refractivity contribution < 1.29 is 9.53 Å². The number of hydrogen-bond donors (Lipinski definition) is 0. The predicted molar refractivity (Wildman–Crippen MR) is 84.0 cm³/mol. The average molecular weight is 279 g/mol. The highest BCUT2D eigenvalue weighted by Crippen LogP contribution is 2.25. The first-order valence-electron chi connectivity index (χ1n) is 7.08. The van der Waals surface area contributed by atoms with E-state index in [-0.39, 0.29) is 12.5 Å². The van der Waals surface area contributed by atoms with Gasteiger partial charge in [0.25, 0.3) is 0 Å². The van der Waals surface area contributed by atoms with Gasteiger partial charge in [0.05, 0.1) is 6.61 Å². The van der Waals surface area contributed by atoms with Crippen LogP contribution in [0.15, 0.2) is 60.8 Å². The molecule has 3 aromatic rings. The van der Waals surface area contributed by atoms with E-state index in [2.05, 4.69) is 30.3 Å². The molecule has 3 rings (SSSR count). The number of carbonyl (C=O) groups is 1. The van der Waals surface area contributed by atoms with Gasteiger partial charge in [0.15, 0.2) is 0 Å². The van der Waals surface area contributed by atoms with E-state index in [1.807, 2.05) is 42.0 Å². The number of ether oxygens (including phenoxy) is 1. The number of esters is 1. The van der Waals surface area contributed by atoms with Crippen molar-refractivity contribution in [2.45, 2.75) is 13.5 Å². The van der Waals surface area contributed by atoms with Crippen molar-refractivity contribution in [2.24, 2.45) is 0 Å². The molecule has 0 aliphatic carbocycles. The van der Waals surface area contributed by atoms with E-state index in [0.29, 0.717) is 6.61 Å². The van der Waals surface area contributed by atoms with Crippen LogP contribution in [0.3, 0.4) is 0 Å². The first-order valence-corrected chi connectivity index (χ1v) is 7.08. The standard InChI is InChI=1S/C18H17NO2/c1-2-21-18(20)13-19-11-10-16-12-15(8-9-17(16)19)14-6-4-3-5-7-14/h3-12H,2,13H2,1H3. The van der Waals surface area contributed by atoms with Crippen molar-refractivity contribution >= 4 is 16.9 Å². The molecule has 1 heterocycles. The summed E-state index contributed by atoms with van der Waals surface area (Å²) in [5.74, 6) is -0.206. The number of aromatic nitrogens is 1. The van der Waals surface area contributed by atoms with Crippen LogP contribution in [-0.2, 0) is 16.1 Å². The van der Waals surface area contributed by atoms with E-state index < -0.39 is 0 Å². The van der Waals surface area contributed by atoms with Crippen molar-refractivity contribution in [1.82, 2.24) is 4.57 Å². The van der Waals surface area contributed by atoms with Gasteiger partial charge in [0.2, 0.25) is 0 Å². The van der Waals surface area contributed by atoms with Gasteiger partial charge >= 0.3 is 5.97 Å². The Labute approximate surface area is 123 Å². The number of benzene rings is 2. The molecule has 3 nitrogen and oxygen atoms in total. The topological polar surface area (TPSA) is 31.2 Å². The summed E-state index contributed by atoms with van der Waals surface area (Å²) in [6.07, 6.45) is 1.93. The van der Waals surface area contributed by atoms with Crippen LogP contribution in [0.2, 0.25) is 0 Å². The predicted octanol–water partition coefficient (Wildman–Crippen LogP) is 3.87. The molecule has 0 saturated heterocycles. The molecule has 0 radical (unpaired) electrons. The normalized spacial score (nSPS) is 10.7. The summed E-state index contributed by atoms with van der Waals surface area (Å²) in [5.41, 5.74) is 3.41. The molecule has 0 bridgehead atoms. The van der Waals surface area contributed by atoms with Gasteiger partial charge in [-0.05, 0) is 36.2 Å². The SMILES string of the molecule is CCOC(=O)Cn1ccc2cc(-c3ccccc3)ccc21. The molecule has 0 amide bonds. The molecular formula is C18H17NO2. The third-order valence-electron chi connectivity index (χ3n) is 3.48. The zero-order chi connectivity index (χ0) is 14.7. The minimum atomic E-state index is -0.206. The van der Waals surface area contributed by atoms with Crippen molar-refractivity contribution in [3.8, 4) is 11.1 Å². The van der Waals surface area contributed by atoms with Crippen molar-refractivity contribution in [2.75, 3.05) is 6.61 Å². The molecule has 1 aromatic heterocycles. The summed E-state index contributed by atoms with van der Waals surface area (Å²) in [6.45, 7) is 2.48. The molecule has 3 heteroatoms. The summed E-state index contributed by atoms with van der Waals surface area (Å²) in [7, 11) is 0. The molecule has 0 atom stereocenters. The second-order valence-electron chi connectivity index (χ2n) is 4.89. The van der Waals surface area contributed by atoms with Gasteiger partial charge in [0, 0.05) is 17.1 Å². The first kappa shape index (κ1) is 13.4. The summed E-state index contributed by atoms with van der Waals surface area (Å²) < 4.78 is 6.92. The zero-order valence-electron chi connectivity index (χ0n) is 12.0. The Morgan fingerprint density at radius 2 is 1.86 bits per heavy atom. The quantitative estimate of drug-likeness (QED) is 0.679. The lowest BCUT2D eigenvalue weighted by Crippen LogP contribution is -2.12. The minimum Gasteiger partial charge on any atom is -0.465 e. The molecule has 0 N–H and O–H groups in total. The highest BCUT2D eigenvalue weighted by atomic mass is 16.5. The summed E-state index contributed by atoms with van der Waals surface area (Å²) in [5, 5.41) is 1.13. The van der Waals surface area contributed by atoms with Crippen LogP contribution in [0, 0.1) is 0 Å². The van der Waals surface area contributed by atoms with E-state index in [4.69, 9.17) is 4.74 Å². The van der Waals surface area contributed by atoms with Gasteiger partial charge in [-0.2, -0.15) is 0 Å². The van der Waals surface area contributed by atoms with E-state index >= 15 is 0 Å². The van der Waals surface area contributed by atoms with Crippen molar-refractivity contribution in [3.05, 3.63) is 60.8 Å². The monoisotopic (exact) mass is 279 g/mol. The molecule has 0 aliphatic heterocycles. The number of fused-ring (bicyclic) bond motifs is 1. The smallest absolute Gasteiger partial charge is 0.325 e. The highest BCUT2D eigenvalue weighted by molar-refractivity contribution is 5.86. The van der Waals surface area contributed by atoms with Crippen LogP contribution < -0.4 is 0 Å². The van der Waals surface area contributed by atoms with Gasteiger partial charge in [-0.1, -0.05) is 36.4 Å². The van der Waals surface area contributed by atoms with Gasteiger partial charge in [-0.3, -0.25) is 4.79 Å². The second kappa shape index (κ2) is 5.83. The van der Waals surface area contributed by atoms with Crippen molar-refractivity contribution in [1.29, 1.82) is 0 Å². The Kier molecular flexibility index (Phi) is 3.73. The minimum absolute atomic E-state index is 0.206. The van der Waals surface area contributed by atoms with Gasteiger partial charge in [-0.25, -0.2) is 0 Å². The largest absolute Gasteiger partial charge is 0.465 e. The van der Waals surface area contributed by atoms with E-state index in [1.165, 1.54) is 11.1 Å². The van der Waals surface area contributed by atoms with Crippen LogP contribution in [0.5, 0.6) is 0 Å². The van der Waals surface area contributed by atoms with Gasteiger partial charge in [-0.15, -0.1) is 0 Å². The zero-order valence-corrected chi connectivity index (χ0v) is 12.0. The number of rotatable bonds is 4. The van der Waals surface area contributed by atoms with Gasteiger partial charge < -0.3 is 9.30 Å². The van der Waals surface area contributed by atoms with E-state index in [1.54, 1.807) is 0 Å². The Balaban J connectivity index is 1.93. The summed E-state index contributed by atoms with van der Waals surface area (Å²) in [6, 6.07) is 18.6. The van der Waals surface area contributed by atoms with Crippen LogP contribution in [0.1, 0.15) is 6.92 Å². The third-order valence-corrected chi connectivity index (χ3v) is 3.48. The van der Waals surface area contributed by atoms with Gasteiger partial charge in [0.1, 0.15) is 6.54 Å². The molecule has 21 heavy (non-hydrogen) atoms. The van der Waals surface area contributed by atoms with Crippen LogP contribution in [0.25, 0.3) is 22.0 Å². The molecule has 106 valence electrons. The van der Waals surface area contributed by atoms with Crippen LogP contribution >= 0.6 is 0 Å². The lowest BCUT2D eigenvalue weighted by Gasteiger charge is -2.06. The maximum atomic E-state index is 11.6. The molecule has 0 spiro atoms. The maximum absolute atomic E-state index is 11.6. The fraction of sp³-hybridized carbons (Fsp3) is 0.167. The molecular weight excluding hydrogens is 262 g/mol. The third kappa shape index (κ3) is 2.82. The summed E-state index contributed by atoms with van der Waals surface area (Å²) >= 11 is 0. The van der Waals surface area contributed by atoms with E-state index in [9.17, 15) is 4.79 Å². The maximum Gasteiger partial charge on any atom is 0.325 e. The Hall–Kier alpha value is -2.55. The Morgan fingerprint density at radius 1 is 1.05 bits per heavy atom. The molecule has 0 unspecified atom stereocenters. The average Bonchev–Trinajstić information content (AvgIpc) is 2.91. The molecule has 0 fully saturated rings. The van der Waals surface area contributed by atoms with Crippen LogP contribution in [0.4, 0.5) is 0 Å². The fourth-order valence-corrected chi connectivity index (χ4v) is 2.49. The summed E-state index contributed by atoms with van der Waals surface area (Å²) in [4.78, 5) is 11.6. The van der Waals surface area contributed by atoms with Crippen LogP contribution in [-0.4, -0.2) is 17.1 Å². The van der Waals surface area contributed by atoms with E-state index in [0.717, 1.165) is 10.9 Å². The molecule has 0 aliphatic rings. The highest BCUT2D eigenvalue weighted by Gasteiger charge is 2.07. The lowest BCUT2D eigenvalue weighted by molar-refractivity contribution is -0.143. The second-order valence-corrected chi connectivity index (χ2v) is 4.89. The Morgan fingerprint density at radius 3 is 2.62 bits per heavy atom.